The van der Waals surface area contributed by atoms with Crippen molar-refractivity contribution in [1.82, 2.24) is 10.3 Å². The SMILES string of the molecule is CC(C)CNCC1(Cc2nccs2)CCOCC1. The highest BCUT2D eigenvalue weighted by molar-refractivity contribution is 7.09. The molecule has 0 amide bonds. The minimum atomic E-state index is 0.352. The summed E-state index contributed by atoms with van der Waals surface area (Å²) >= 11 is 1.78. The molecule has 102 valence electrons. The zero-order chi connectivity index (χ0) is 12.8. The minimum Gasteiger partial charge on any atom is -0.381 e. The van der Waals surface area contributed by atoms with Crippen molar-refractivity contribution < 1.29 is 4.74 Å². The van der Waals surface area contributed by atoms with Crippen LogP contribution in [-0.4, -0.2) is 31.3 Å². The van der Waals surface area contributed by atoms with Crippen LogP contribution >= 0.6 is 11.3 Å². The second-order valence-electron chi connectivity index (χ2n) is 5.74. The zero-order valence-corrected chi connectivity index (χ0v) is 12.3. The Morgan fingerprint density at radius 3 is 2.83 bits per heavy atom. The molecule has 1 N–H and O–H groups in total. The van der Waals surface area contributed by atoms with Gasteiger partial charge in [-0.15, -0.1) is 11.3 Å². The fourth-order valence-electron chi connectivity index (χ4n) is 2.51. The maximum absolute atomic E-state index is 5.53. The van der Waals surface area contributed by atoms with Gasteiger partial charge in [0, 0.05) is 37.8 Å². The predicted molar refractivity (Wildman–Crippen MR) is 76.0 cm³/mol. The van der Waals surface area contributed by atoms with Crippen LogP contribution in [-0.2, 0) is 11.2 Å². The smallest absolute Gasteiger partial charge is 0.0930 e. The van der Waals surface area contributed by atoms with E-state index in [0.29, 0.717) is 11.3 Å². The quantitative estimate of drug-likeness (QED) is 0.861. The summed E-state index contributed by atoms with van der Waals surface area (Å²) < 4.78 is 5.53. The molecule has 2 rings (SSSR count). The number of aromatic nitrogens is 1. The molecule has 2 heterocycles. The summed E-state index contributed by atoms with van der Waals surface area (Å²) in [4.78, 5) is 4.45. The molecule has 0 saturated carbocycles. The molecule has 0 unspecified atom stereocenters. The summed E-state index contributed by atoms with van der Waals surface area (Å²) in [5.74, 6) is 0.710. The first-order valence-corrected chi connectivity index (χ1v) is 7.75. The molecule has 0 aliphatic carbocycles. The van der Waals surface area contributed by atoms with Crippen LogP contribution in [0.15, 0.2) is 11.6 Å². The van der Waals surface area contributed by atoms with Gasteiger partial charge < -0.3 is 10.1 Å². The summed E-state index contributed by atoms with van der Waals surface area (Å²) in [5.41, 5.74) is 0.352. The Hall–Kier alpha value is -0.450. The average Bonchev–Trinajstić information content (AvgIpc) is 2.82. The Balaban J connectivity index is 1.94. The van der Waals surface area contributed by atoms with Gasteiger partial charge in [0.25, 0.3) is 0 Å². The van der Waals surface area contributed by atoms with Gasteiger partial charge in [-0.3, -0.25) is 0 Å². The van der Waals surface area contributed by atoms with E-state index in [9.17, 15) is 0 Å². The minimum absolute atomic E-state index is 0.352. The van der Waals surface area contributed by atoms with Gasteiger partial charge in [0.15, 0.2) is 0 Å². The second-order valence-corrected chi connectivity index (χ2v) is 6.72. The lowest BCUT2D eigenvalue weighted by molar-refractivity contribution is 0.0147. The molecular weight excluding hydrogens is 244 g/mol. The van der Waals surface area contributed by atoms with E-state index in [0.717, 1.165) is 45.6 Å². The first-order valence-electron chi connectivity index (χ1n) is 6.87. The van der Waals surface area contributed by atoms with E-state index in [1.165, 1.54) is 5.01 Å². The molecule has 4 heteroatoms. The average molecular weight is 268 g/mol. The fourth-order valence-corrected chi connectivity index (χ4v) is 3.30. The highest BCUT2D eigenvalue weighted by Crippen LogP contribution is 2.34. The molecule has 1 aromatic heterocycles. The normalized spacial score (nSPS) is 19.3. The monoisotopic (exact) mass is 268 g/mol. The Morgan fingerprint density at radius 2 is 2.22 bits per heavy atom. The topological polar surface area (TPSA) is 34.2 Å². The maximum atomic E-state index is 5.53. The second kappa shape index (κ2) is 6.64. The molecule has 0 radical (unpaired) electrons. The standard InChI is InChI=1S/C14H24N2OS/c1-12(2)10-15-11-14(3-6-17-7-4-14)9-13-16-5-8-18-13/h5,8,12,15H,3-4,6-7,9-11H2,1-2H3. The molecule has 3 nitrogen and oxygen atoms in total. The maximum Gasteiger partial charge on any atom is 0.0930 e. The number of rotatable bonds is 6. The van der Waals surface area contributed by atoms with Crippen molar-refractivity contribution in [2.45, 2.75) is 33.1 Å². The van der Waals surface area contributed by atoms with Crippen LogP contribution < -0.4 is 5.32 Å². The lowest BCUT2D eigenvalue weighted by Crippen LogP contribution is -2.41. The summed E-state index contributed by atoms with van der Waals surface area (Å²) in [6, 6.07) is 0. The summed E-state index contributed by atoms with van der Waals surface area (Å²) in [5, 5.41) is 6.97. The molecular formula is C14H24N2OS. The van der Waals surface area contributed by atoms with E-state index in [1.54, 1.807) is 11.3 Å². The first kappa shape index (κ1) is 14.0. The van der Waals surface area contributed by atoms with Crippen molar-refractivity contribution in [3.63, 3.8) is 0 Å². The van der Waals surface area contributed by atoms with Crippen LogP contribution in [0.4, 0.5) is 0 Å². The van der Waals surface area contributed by atoms with E-state index >= 15 is 0 Å². The molecule has 1 aliphatic heterocycles. The number of hydrogen-bond acceptors (Lipinski definition) is 4. The van der Waals surface area contributed by atoms with Crippen molar-refractivity contribution in [3.05, 3.63) is 16.6 Å². The van der Waals surface area contributed by atoms with Crippen LogP contribution in [0.3, 0.4) is 0 Å². The van der Waals surface area contributed by atoms with Crippen molar-refractivity contribution in [2.75, 3.05) is 26.3 Å². The third kappa shape index (κ3) is 4.04. The Kier molecular flexibility index (Phi) is 5.15. The van der Waals surface area contributed by atoms with Crippen molar-refractivity contribution in [1.29, 1.82) is 0 Å². The predicted octanol–water partition coefficient (Wildman–Crippen LogP) is 2.73. The molecule has 1 aromatic rings. The molecule has 18 heavy (non-hydrogen) atoms. The summed E-state index contributed by atoms with van der Waals surface area (Å²) in [7, 11) is 0. The highest BCUT2D eigenvalue weighted by atomic mass is 32.1. The van der Waals surface area contributed by atoms with E-state index in [4.69, 9.17) is 4.74 Å². The molecule has 0 bridgehead atoms. The highest BCUT2D eigenvalue weighted by Gasteiger charge is 2.33. The van der Waals surface area contributed by atoms with Gasteiger partial charge in [-0.1, -0.05) is 13.8 Å². The Bertz CT molecular complexity index is 332. The number of ether oxygens (including phenoxy) is 1. The Morgan fingerprint density at radius 1 is 1.44 bits per heavy atom. The van der Waals surface area contributed by atoms with Gasteiger partial charge >= 0.3 is 0 Å². The first-order chi connectivity index (χ1) is 8.70. The van der Waals surface area contributed by atoms with Crippen LogP contribution in [0.5, 0.6) is 0 Å². The van der Waals surface area contributed by atoms with Crippen LogP contribution in [0, 0.1) is 11.3 Å². The fraction of sp³-hybridized carbons (Fsp3) is 0.786. The number of hydrogen-bond donors (Lipinski definition) is 1. The zero-order valence-electron chi connectivity index (χ0n) is 11.4. The molecule has 0 spiro atoms. The van der Waals surface area contributed by atoms with Gasteiger partial charge in [0.1, 0.15) is 0 Å². The van der Waals surface area contributed by atoms with Gasteiger partial charge in [0.2, 0.25) is 0 Å². The van der Waals surface area contributed by atoms with Crippen LogP contribution in [0.25, 0.3) is 0 Å². The molecule has 0 atom stereocenters. The lowest BCUT2D eigenvalue weighted by atomic mass is 9.77. The largest absolute Gasteiger partial charge is 0.381 e. The summed E-state index contributed by atoms with van der Waals surface area (Å²) in [6.07, 6.45) is 5.31. The number of nitrogens with zero attached hydrogens (tertiary/aromatic N) is 1. The molecule has 1 saturated heterocycles. The van der Waals surface area contributed by atoms with Crippen LogP contribution in [0.1, 0.15) is 31.7 Å². The third-order valence-electron chi connectivity index (χ3n) is 3.62. The number of thiazole rings is 1. The third-order valence-corrected chi connectivity index (χ3v) is 4.40. The van der Waals surface area contributed by atoms with Gasteiger partial charge in [-0.25, -0.2) is 4.98 Å². The lowest BCUT2D eigenvalue weighted by Gasteiger charge is -2.37. The summed E-state index contributed by atoms with van der Waals surface area (Å²) in [6.45, 7) is 8.49. The van der Waals surface area contributed by atoms with Crippen LogP contribution in [0.2, 0.25) is 0 Å². The molecule has 0 aromatic carbocycles. The van der Waals surface area contributed by atoms with Crippen molar-refractivity contribution in [2.24, 2.45) is 11.3 Å². The van der Waals surface area contributed by atoms with E-state index < -0.39 is 0 Å². The Labute approximate surface area is 114 Å². The van der Waals surface area contributed by atoms with E-state index in [-0.39, 0.29) is 0 Å². The van der Waals surface area contributed by atoms with Gasteiger partial charge in [-0.05, 0) is 30.7 Å². The van der Waals surface area contributed by atoms with Crippen molar-refractivity contribution >= 4 is 11.3 Å². The van der Waals surface area contributed by atoms with Gasteiger partial charge in [-0.2, -0.15) is 0 Å². The number of nitrogens with one attached hydrogen (secondary N) is 1. The van der Waals surface area contributed by atoms with E-state index in [1.807, 2.05) is 6.20 Å². The van der Waals surface area contributed by atoms with Crippen molar-refractivity contribution in [3.8, 4) is 0 Å². The molecule has 1 aliphatic rings. The van der Waals surface area contributed by atoms with Gasteiger partial charge in [0.05, 0.1) is 5.01 Å². The van der Waals surface area contributed by atoms with E-state index in [2.05, 4.69) is 29.5 Å². The molecule has 1 fully saturated rings.